The number of carbonyl (C=O) groups excluding carboxylic acids is 1. The van der Waals surface area contributed by atoms with Crippen molar-refractivity contribution in [1.82, 2.24) is 0 Å². The van der Waals surface area contributed by atoms with Crippen LogP contribution in [0.4, 0.5) is 17.1 Å². The van der Waals surface area contributed by atoms with Crippen molar-refractivity contribution in [2.45, 2.75) is 0 Å². The van der Waals surface area contributed by atoms with Gasteiger partial charge in [0.15, 0.2) is 11.5 Å². The van der Waals surface area contributed by atoms with E-state index in [9.17, 15) is 4.79 Å². The topological polar surface area (TPSA) is 68.8 Å². The number of methoxy groups -OCH3 is 3. The number of rotatable bonds is 7. The molecular formula is C22H22N2O4. The normalized spacial score (nSPS) is 10.1. The van der Waals surface area contributed by atoms with Crippen molar-refractivity contribution < 1.29 is 19.0 Å². The predicted molar refractivity (Wildman–Crippen MR) is 110 cm³/mol. The first-order valence-electron chi connectivity index (χ1n) is 8.68. The molecule has 0 aliphatic carbocycles. The summed E-state index contributed by atoms with van der Waals surface area (Å²) in [7, 11) is 4.71. The Labute approximate surface area is 164 Å². The molecule has 3 aromatic rings. The van der Waals surface area contributed by atoms with E-state index < -0.39 is 0 Å². The molecule has 6 heteroatoms. The minimum absolute atomic E-state index is 0.147. The van der Waals surface area contributed by atoms with Gasteiger partial charge in [-0.3, -0.25) is 4.79 Å². The predicted octanol–water partition coefficient (Wildman–Crippen LogP) is 4.71. The molecule has 0 saturated carbocycles. The lowest BCUT2D eigenvalue weighted by molar-refractivity contribution is 0.102. The maximum atomic E-state index is 12.2. The van der Waals surface area contributed by atoms with Gasteiger partial charge in [-0.1, -0.05) is 18.2 Å². The van der Waals surface area contributed by atoms with Gasteiger partial charge in [-0.05, 0) is 36.4 Å². The Balaban J connectivity index is 1.73. The number of carbonyl (C=O) groups is 1. The molecule has 0 spiro atoms. The summed E-state index contributed by atoms with van der Waals surface area (Å²) in [6.45, 7) is 0. The summed E-state index contributed by atoms with van der Waals surface area (Å²) in [5.74, 6) is 1.52. The highest BCUT2D eigenvalue weighted by molar-refractivity contribution is 6.04. The number of nitrogens with one attached hydrogen (secondary N) is 2. The van der Waals surface area contributed by atoms with Crippen molar-refractivity contribution in [1.29, 1.82) is 0 Å². The van der Waals surface area contributed by atoms with E-state index in [1.807, 2.05) is 54.6 Å². The molecule has 144 valence electrons. The van der Waals surface area contributed by atoms with Crippen LogP contribution in [0.1, 0.15) is 10.4 Å². The third-order valence-electron chi connectivity index (χ3n) is 4.13. The van der Waals surface area contributed by atoms with E-state index in [1.54, 1.807) is 33.5 Å². The number of anilines is 3. The molecule has 3 aromatic carbocycles. The average Bonchev–Trinajstić information content (AvgIpc) is 2.75. The van der Waals surface area contributed by atoms with Crippen LogP contribution in [-0.2, 0) is 0 Å². The quantitative estimate of drug-likeness (QED) is 0.623. The van der Waals surface area contributed by atoms with Gasteiger partial charge >= 0.3 is 0 Å². The lowest BCUT2D eigenvalue weighted by atomic mass is 10.2. The van der Waals surface area contributed by atoms with Crippen molar-refractivity contribution in [3.05, 3.63) is 72.3 Å². The maximum absolute atomic E-state index is 12.2. The SMILES string of the molecule is COc1cc(Nc2ccc(NC(=O)c3ccccc3)cc2)cc(OC)c1OC. The first-order valence-corrected chi connectivity index (χ1v) is 8.68. The van der Waals surface area contributed by atoms with Crippen LogP contribution >= 0.6 is 0 Å². The molecule has 0 atom stereocenters. The molecule has 0 heterocycles. The molecule has 0 bridgehead atoms. The number of benzene rings is 3. The van der Waals surface area contributed by atoms with Gasteiger partial charge in [-0.2, -0.15) is 0 Å². The van der Waals surface area contributed by atoms with Gasteiger partial charge in [0.05, 0.1) is 21.3 Å². The zero-order valence-electron chi connectivity index (χ0n) is 16.0. The summed E-state index contributed by atoms with van der Waals surface area (Å²) in [6, 6.07) is 20.2. The molecule has 0 radical (unpaired) electrons. The largest absolute Gasteiger partial charge is 0.493 e. The fourth-order valence-electron chi connectivity index (χ4n) is 2.75. The summed E-state index contributed by atoms with van der Waals surface area (Å²) < 4.78 is 16.1. The van der Waals surface area contributed by atoms with Crippen molar-refractivity contribution in [3.8, 4) is 17.2 Å². The molecule has 0 aliphatic rings. The molecule has 0 aromatic heterocycles. The Hall–Kier alpha value is -3.67. The highest BCUT2D eigenvalue weighted by Gasteiger charge is 2.13. The summed E-state index contributed by atoms with van der Waals surface area (Å²) in [4.78, 5) is 12.2. The second kappa shape index (κ2) is 8.81. The van der Waals surface area contributed by atoms with Crippen molar-refractivity contribution in [2.75, 3.05) is 32.0 Å². The van der Waals surface area contributed by atoms with Gasteiger partial charge in [-0.15, -0.1) is 0 Å². The summed E-state index contributed by atoms with van der Waals surface area (Å²) in [6.07, 6.45) is 0. The second-order valence-corrected chi connectivity index (χ2v) is 5.94. The first kappa shape index (κ1) is 19.1. The van der Waals surface area contributed by atoms with Crippen LogP contribution in [0.15, 0.2) is 66.7 Å². The molecule has 0 saturated heterocycles. The molecule has 0 unspecified atom stereocenters. The van der Waals surface area contributed by atoms with E-state index in [4.69, 9.17) is 14.2 Å². The van der Waals surface area contributed by atoms with Crippen LogP contribution in [0.2, 0.25) is 0 Å². The third kappa shape index (κ3) is 4.35. The Morgan fingerprint density at radius 2 is 1.29 bits per heavy atom. The summed E-state index contributed by atoms with van der Waals surface area (Å²) in [5, 5.41) is 6.17. The monoisotopic (exact) mass is 378 g/mol. The lowest BCUT2D eigenvalue weighted by Gasteiger charge is -2.15. The first-order chi connectivity index (χ1) is 13.6. The Morgan fingerprint density at radius 3 is 1.82 bits per heavy atom. The summed E-state index contributed by atoms with van der Waals surface area (Å²) >= 11 is 0. The van der Waals surface area contributed by atoms with Crippen LogP contribution in [0, 0.1) is 0 Å². The standard InChI is InChI=1S/C22H22N2O4/c1-26-19-13-18(14-20(27-2)21(19)28-3)23-16-9-11-17(12-10-16)24-22(25)15-7-5-4-6-8-15/h4-14,23H,1-3H3,(H,24,25). The van der Waals surface area contributed by atoms with Crippen molar-refractivity contribution in [3.63, 3.8) is 0 Å². The smallest absolute Gasteiger partial charge is 0.255 e. The molecule has 28 heavy (non-hydrogen) atoms. The van der Waals surface area contributed by atoms with Gasteiger partial charge < -0.3 is 24.8 Å². The molecule has 1 amide bonds. The maximum Gasteiger partial charge on any atom is 0.255 e. The van der Waals surface area contributed by atoms with Crippen molar-refractivity contribution >= 4 is 23.0 Å². The van der Waals surface area contributed by atoms with Crippen LogP contribution in [0.5, 0.6) is 17.2 Å². The molecule has 0 fully saturated rings. The van der Waals surface area contributed by atoms with Gasteiger partial charge in [0, 0.05) is 34.8 Å². The minimum atomic E-state index is -0.147. The van der Waals surface area contributed by atoms with E-state index in [2.05, 4.69) is 10.6 Å². The molecule has 0 aliphatic heterocycles. The number of hydrogen-bond acceptors (Lipinski definition) is 5. The Morgan fingerprint density at radius 1 is 0.714 bits per heavy atom. The molecular weight excluding hydrogens is 356 g/mol. The Kier molecular flexibility index (Phi) is 6.01. The Bertz CT molecular complexity index is 916. The molecule has 3 rings (SSSR count). The average molecular weight is 378 g/mol. The third-order valence-corrected chi connectivity index (χ3v) is 4.13. The van der Waals surface area contributed by atoms with Crippen LogP contribution < -0.4 is 24.8 Å². The van der Waals surface area contributed by atoms with E-state index >= 15 is 0 Å². The van der Waals surface area contributed by atoms with Crippen molar-refractivity contribution in [2.24, 2.45) is 0 Å². The molecule has 2 N–H and O–H groups in total. The highest BCUT2D eigenvalue weighted by atomic mass is 16.5. The van der Waals surface area contributed by atoms with E-state index in [0.29, 0.717) is 28.5 Å². The van der Waals surface area contributed by atoms with E-state index in [0.717, 1.165) is 11.4 Å². The number of hydrogen-bond donors (Lipinski definition) is 2. The molecule has 6 nitrogen and oxygen atoms in total. The van der Waals surface area contributed by atoms with Gasteiger partial charge in [-0.25, -0.2) is 0 Å². The lowest BCUT2D eigenvalue weighted by Crippen LogP contribution is -2.11. The van der Waals surface area contributed by atoms with Crippen LogP contribution in [-0.4, -0.2) is 27.2 Å². The fraction of sp³-hybridized carbons (Fsp3) is 0.136. The highest BCUT2D eigenvalue weighted by Crippen LogP contribution is 2.40. The minimum Gasteiger partial charge on any atom is -0.493 e. The van der Waals surface area contributed by atoms with Crippen LogP contribution in [0.3, 0.4) is 0 Å². The van der Waals surface area contributed by atoms with Gasteiger partial charge in [0.25, 0.3) is 5.91 Å². The van der Waals surface area contributed by atoms with E-state index in [-0.39, 0.29) is 5.91 Å². The number of amides is 1. The number of ether oxygens (including phenoxy) is 3. The van der Waals surface area contributed by atoms with Crippen LogP contribution in [0.25, 0.3) is 0 Å². The zero-order chi connectivity index (χ0) is 19.9. The van der Waals surface area contributed by atoms with Gasteiger partial charge in [0.2, 0.25) is 5.75 Å². The zero-order valence-corrected chi connectivity index (χ0v) is 16.0. The van der Waals surface area contributed by atoms with Gasteiger partial charge in [0.1, 0.15) is 0 Å². The second-order valence-electron chi connectivity index (χ2n) is 5.94. The summed E-state index contributed by atoms with van der Waals surface area (Å²) in [5.41, 5.74) is 2.97. The fourth-order valence-corrected chi connectivity index (χ4v) is 2.75. The van der Waals surface area contributed by atoms with E-state index in [1.165, 1.54) is 0 Å².